The van der Waals surface area contributed by atoms with Gasteiger partial charge >= 0.3 is 0 Å². The fourth-order valence-corrected chi connectivity index (χ4v) is 2.24. The molecule has 0 unspecified atom stereocenters. The predicted octanol–water partition coefficient (Wildman–Crippen LogP) is 1.62. The lowest BCUT2D eigenvalue weighted by atomic mass is 9.86. The smallest absolute Gasteiger partial charge is 0.136 e. The molecule has 0 aromatic heterocycles. The monoisotopic (exact) mass is 148 g/mol. The van der Waals surface area contributed by atoms with E-state index in [1.165, 1.54) is 0 Å². The van der Waals surface area contributed by atoms with E-state index in [9.17, 15) is 4.79 Å². The molecule has 0 radical (unpaired) electrons. The summed E-state index contributed by atoms with van der Waals surface area (Å²) < 4.78 is 0. The third kappa shape index (κ3) is 1.07. The largest absolute Gasteiger partial charge is 0.299 e. The van der Waals surface area contributed by atoms with Gasteiger partial charge in [-0.1, -0.05) is 0 Å². The summed E-state index contributed by atoms with van der Waals surface area (Å²) in [6.45, 7) is 0. The van der Waals surface area contributed by atoms with Gasteiger partial charge < -0.3 is 0 Å². The van der Waals surface area contributed by atoms with Gasteiger partial charge in [-0.3, -0.25) is 4.79 Å². The average Bonchev–Trinajstić information content (AvgIpc) is 2.75. The van der Waals surface area contributed by atoms with E-state index in [2.05, 4.69) is 5.92 Å². The lowest BCUT2D eigenvalue weighted by Gasteiger charge is -2.17. The summed E-state index contributed by atoms with van der Waals surface area (Å²) >= 11 is 0. The number of hydrogen-bond acceptors (Lipinski definition) is 1. The number of terminal acetylenes is 1. The topological polar surface area (TPSA) is 17.1 Å². The SMILES string of the molecule is C#CC[C@@H]1CCC(=O)[C@H]2C[C@@H]12. The molecule has 0 spiro atoms. The van der Waals surface area contributed by atoms with Crippen LogP contribution in [0.15, 0.2) is 0 Å². The Kier molecular flexibility index (Phi) is 1.49. The zero-order chi connectivity index (χ0) is 7.84. The predicted molar refractivity (Wildman–Crippen MR) is 42.8 cm³/mol. The lowest BCUT2D eigenvalue weighted by molar-refractivity contribution is -0.122. The van der Waals surface area contributed by atoms with Crippen LogP contribution in [0.2, 0.25) is 0 Å². The molecule has 0 aliphatic heterocycles. The van der Waals surface area contributed by atoms with Crippen LogP contribution >= 0.6 is 0 Å². The van der Waals surface area contributed by atoms with Crippen molar-refractivity contribution in [3.63, 3.8) is 0 Å². The van der Waals surface area contributed by atoms with Crippen LogP contribution in [0.5, 0.6) is 0 Å². The molecule has 1 heteroatoms. The highest BCUT2D eigenvalue weighted by atomic mass is 16.1. The van der Waals surface area contributed by atoms with Crippen LogP contribution in [-0.4, -0.2) is 5.78 Å². The number of Topliss-reactive ketones (excluding diaryl/α,β-unsaturated/α-hetero) is 1. The molecule has 2 fully saturated rings. The first-order chi connectivity index (χ1) is 5.33. The molecule has 2 saturated carbocycles. The van der Waals surface area contributed by atoms with Crippen molar-refractivity contribution in [2.24, 2.45) is 17.8 Å². The first-order valence-electron chi connectivity index (χ1n) is 4.29. The molecule has 0 saturated heterocycles. The van der Waals surface area contributed by atoms with Crippen LogP contribution in [0.25, 0.3) is 0 Å². The maximum Gasteiger partial charge on any atom is 0.136 e. The number of rotatable bonds is 1. The molecule has 3 atom stereocenters. The maximum atomic E-state index is 11.1. The lowest BCUT2D eigenvalue weighted by Crippen LogP contribution is -2.16. The van der Waals surface area contributed by atoms with E-state index in [0.29, 0.717) is 23.5 Å². The summed E-state index contributed by atoms with van der Waals surface area (Å²) in [5.74, 6) is 4.95. The Bertz CT molecular complexity index is 224. The molecule has 11 heavy (non-hydrogen) atoms. The third-order valence-electron chi connectivity index (χ3n) is 3.00. The van der Waals surface area contributed by atoms with Gasteiger partial charge in [0.05, 0.1) is 0 Å². The minimum atomic E-state index is 0.419. The van der Waals surface area contributed by atoms with Crippen molar-refractivity contribution in [1.82, 2.24) is 0 Å². The normalized spacial score (nSPS) is 41.0. The number of carbonyl (C=O) groups is 1. The van der Waals surface area contributed by atoms with Crippen LogP contribution in [0.4, 0.5) is 0 Å². The van der Waals surface area contributed by atoms with E-state index in [4.69, 9.17) is 6.42 Å². The third-order valence-corrected chi connectivity index (χ3v) is 3.00. The van der Waals surface area contributed by atoms with Crippen LogP contribution in [0.1, 0.15) is 25.7 Å². The fraction of sp³-hybridized carbons (Fsp3) is 0.700. The Balaban J connectivity index is 1.98. The summed E-state index contributed by atoms with van der Waals surface area (Å²) in [6.07, 6.45) is 9.08. The van der Waals surface area contributed by atoms with Crippen molar-refractivity contribution < 1.29 is 4.79 Å². The minimum Gasteiger partial charge on any atom is -0.299 e. The van der Waals surface area contributed by atoms with Crippen LogP contribution in [0, 0.1) is 30.1 Å². The van der Waals surface area contributed by atoms with E-state index in [0.717, 1.165) is 25.7 Å². The quantitative estimate of drug-likeness (QED) is 0.516. The second-order valence-corrected chi connectivity index (χ2v) is 3.68. The van der Waals surface area contributed by atoms with E-state index < -0.39 is 0 Å². The first-order valence-corrected chi connectivity index (χ1v) is 4.29. The van der Waals surface area contributed by atoms with Gasteiger partial charge in [-0.2, -0.15) is 0 Å². The molecule has 0 bridgehead atoms. The van der Waals surface area contributed by atoms with Gasteiger partial charge in [0.25, 0.3) is 0 Å². The Labute approximate surface area is 67.2 Å². The molecule has 2 aliphatic carbocycles. The highest BCUT2D eigenvalue weighted by molar-refractivity contribution is 5.84. The summed E-state index contributed by atoms with van der Waals surface area (Å²) in [7, 11) is 0. The summed E-state index contributed by atoms with van der Waals surface area (Å²) in [5.41, 5.74) is 0. The van der Waals surface area contributed by atoms with Crippen molar-refractivity contribution in [3.05, 3.63) is 0 Å². The Morgan fingerprint density at radius 1 is 1.64 bits per heavy atom. The molecule has 0 aromatic rings. The van der Waals surface area contributed by atoms with Gasteiger partial charge in [0.1, 0.15) is 5.78 Å². The Morgan fingerprint density at radius 3 is 3.18 bits per heavy atom. The number of hydrogen-bond donors (Lipinski definition) is 0. The van der Waals surface area contributed by atoms with Gasteiger partial charge in [-0.05, 0) is 24.7 Å². The van der Waals surface area contributed by atoms with Crippen LogP contribution < -0.4 is 0 Å². The molecule has 0 heterocycles. The summed E-state index contributed by atoms with van der Waals surface area (Å²) in [4.78, 5) is 11.1. The highest BCUT2D eigenvalue weighted by Crippen LogP contribution is 2.51. The average molecular weight is 148 g/mol. The molecule has 2 aliphatic rings. The van der Waals surface area contributed by atoms with E-state index in [-0.39, 0.29) is 0 Å². The van der Waals surface area contributed by atoms with Crippen molar-refractivity contribution >= 4 is 5.78 Å². The van der Waals surface area contributed by atoms with Gasteiger partial charge in [-0.25, -0.2) is 0 Å². The summed E-state index contributed by atoms with van der Waals surface area (Å²) in [6, 6.07) is 0. The summed E-state index contributed by atoms with van der Waals surface area (Å²) in [5, 5.41) is 0. The molecular weight excluding hydrogens is 136 g/mol. The van der Waals surface area contributed by atoms with Gasteiger partial charge in [0.15, 0.2) is 0 Å². The molecule has 2 rings (SSSR count). The fourth-order valence-electron chi connectivity index (χ4n) is 2.24. The standard InChI is InChI=1S/C10H12O/c1-2-3-7-4-5-10(11)9-6-8(7)9/h1,7-9H,3-6H2/t7-,8+,9+/m1/s1. The number of ketones is 1. The first kappa shape index (κ1) is 6.91. The van der Waals surface area contributed by atoms with Crippen molar-refractivity contribution in [2.75, 3.05) is 0 Å². The van der Waals surface area contributed by atoms with E-state index >= 15 is 0 Å². The highest BCUT2D eigenvalue weighted by Gasteiger charge is 2.49. The van der Waals surface area contributed by atoms with Crippen LogP contribution in [0.3, 0.4) is 0 Å². The van der Waals surface area contributed by atoms with Crippen molar-refractivity contribution in [3.8, 4) is 12.3 Å². The van der Waals surface area contributed by atoms with E-state index in [1.807, 2.05) is 0 Å². The zero-order valence-corrected chi connectivity index (χ0v) is 6.55. The number of fused-ring (bicyclic) bond motifs is 1. The molecular formula is C10H12O. The molecule has 0 amide bonds. The van der Waals surface area contributed by atoms with E-state index in [1.54, 1.807) is 0 Å². The molecule has 0 aromatic carbocycles. The zero-order valence-electron chi connectivity index (χ0n) is 6.55. The molecule has 0 N–H and O–H groups in total. The second-order valence-electron chi connectivity index (χ2n) is 3.68. The van der Waals surface area contributed by atoms with Gasteiger partial charge in [0.2, 0.25) is 0 Å². The Hall–Kier alpha value is -0.770. The molecule has 58 valence electrons. The van der Waals surface area contributed by atoms with Crippen molar-refractivity contribution in [2.45, 2.75) is 25.7 Å². The maximum absolute atomic E-state index is 11.1. The molecule has 1 nitrogen and oxygen atoms in total. The second kappa shape index (κ2) is 2.37. The van der Waals surface area contributed by atoms with Crippen LogP contribution in [-0.2, 0) is 4.79 Å². The minimum absolute atomic E-state index is 0.419. The van der Waals surface area contributed by atoms with Gasteiger partial charge in [0, 0.05) is 18.8 Å². The Morgan fingerprint density at radius 2 is 2.45 bits per heavy atom. The van der Waals surface area contributed by atoms with Crippen molar-refractivity contribution in [1.29, 1.82) is 0 Å². The number of carbonyl (C=O) groups excluding carboxylic acids is 1. The van der Waals surface area contributed by atoms with Gasteiger partial charge in [-0.15, -0.1) is 12.3 Å².